The molecular weight excluding hydrogens is 332 g/mol. The smallest absolute Gasteiger partial charge is 0.283 e. The van der Waals surface area contributed by atoms with Crippen LogP contribution in [-0.4, -0.2) is 14.8 Å². The molecule has 0 bridgehead atoms. The third kappa shape index (κ3) is 3.32. The molecule has 0 aliphatic heterocycles. The van der Waals surface area contributed by atoms with Crippen LogP contribution in [0.5, 0.6) is 0 Å². The van der Waals surface area contributed by atoms with Crippen LogP contribution < -0.4 is 10.9 Å². The Morgan fingerprint density at radius 3 is 2.95 bits per heavy atom. The Hall–Kier alpha value is -1.69. The molecule has 0 amide bonds. The summed E-state index contributed by atoms with van der Waals surface area (Å²) >= 11 is 3.39. The summed E-state index contributed by atoms with van der Waals surface area (Å²) in [5.41, 5.74) is 2.93. The molecule has 1 saturated carbocycles. The zero-order chi connectivity index (χ0) is 14.8. The number of pyridine rings is 1. The minimum absolute atomic E-state index is 0.0710. The van der Waals surface area contributed by atoms with Gasteiger partial charge in [-0.1, -0.05) is 0 Å². The summed E-state index contributed by atoms with van der Waals surface area (Å²) in [6.45, 7) is 3.38. The van der Waals surface area contributed by atoms with E-state index in [1.54, 1.807) is 17.1 Å². The van der Waals surface area contributed by atoms with Gasteiger partial charge in [0.2, 0.25) is 0 Å². The minimum Gasteiger partial charge on any atom is -0.379 e. The lowest BCUT2D eigenvalue weighted by Crippen LogP contribution is -2.25. The van der Waals surface area contributed by atoms with Gasteiger partial charge in [0.15, 0.2) is 0 Å². The van der Waals surface area contributed by atoms with Crippen molar-refractivity contribution >= 4 is 21.6 Å². The van der Waals surface area contributed by atoms with Gasteiger partial charge in [0.1, 0.15) is 4.47 Å². The fraction of sp³-hybridized carbons (Fsp3) is 0.400. The summed E-state index contributed by atoms with van der Waals surface area (Å²) in [7, 11) is 0. The van der Waals surface area contributed by atoms with Crippen molar-refractivity contribution in [3.05, 3.63) is 50.6 Å². The molecule has 110 valence electrons. The molecule has 2 aromatic heterocycles. The van der Waals surface area contributed by atoms with Crippen molar-refractivity contribution in [2.45, 2.75) is 32.9 Å². The van der Waals surface area contributed by atoms with Crippen molar-refractivity contribution in [1.29, 1.82) is 0 Å². The fourth-order valence-corrected chi connectivity index (χ4v) is 2.60. The molecule has 1 N–H and O–H groups in total. The average molecular weight is 349 g/mol. The third-order valence-electron chi connectivity index (χ3n) is 3.72. The molecule has 0 spiro atoms. The van der Waals surface area contributed by atoms with Gasteiger partial charge in [-0.3, -0.25) is 9.78 Å². The molecule has 0 atom stereocenters. The number of hydrogen-bond acceptors (Lipinski definition) is 4. The molecule has 2 aromatic rings. The van der Waals surface area contributed by atoms with Gasteiger partial charge in [-0.25, -0.2) is 4.68 Å². The largest absolute Gasteiger partial charge is 0.379 e. The lowest BCUT2D eigenvalue weighted by Gasteiger charge is -2.11. The van der Waals surface area contributed by atoms with E-state index in [1.807, 2.05) is 19.2 Å². The predicted octanol–water partition coefficient (Wildman–Crippen LogP) is 2.73. The second kappa shape index (κ2) is 5.97. The number of rotatable bonds is 5. The van der Waals surface area contributed by atoms with E-state index in [9.17, 15) is 4.79 Å². The van der Waals surface area contributed by atoms with Crippen LogP contribution in [0.4, 0.5) is 5.69 Å². The number of aromatic nitrogens is 3. The molecule has 0 aromatic carbocycles. The molecule has 0 saturated heterocycles. The molecule has 1 aliphatic rings. The Kier molecular flexibility index (Phi) is 4.05. The number of nitrogens with zero attached hydrogens (tertiary/aromatic N) is 3. The van der Waals surface area contributed by atoms with Gasteiger partial charge in [-0.2, -0.15) is 5.10 Å². The summed E-state index contributed by atoms with van der Waals surface area (Å²) in [4.78, 5) is 16.3. The molecule has 21 heavy (non-hydrogen) atoms. The maximum absolute atomic E-state index is 12.2. The van der Waals surface area contributed by atoms with E-state index in [1.165, 1.54) is 12.8 Å². The van der Waals surface area contributed by atoms with E-state index in [0.717, 1.165) is 23.4 Å². The van der Waals surface area contributed by atoms with Crippen molar-refractivity contribution in [1.82, 2.24) is 14.8 Å². The summed E-state index contributed by atoms with van der Waals surface area (Å²) in [6, 6.07) is 1.97. The van der Waals surface area contributed by atoms with E-state index >= 15 is 0 Å². The first-order valence-corrected chi connectivity index (χ1v) is 7.83. The topological polar surface area (TPSA) is 59.8 Å². The van der Waals surface area contributed by atoms with E-state index < -0.39 is 0 Å². The van der Waals surface area contributed by atoms with Gasteiger partial charge in [0.05, 0.1) is 11.9 Å². The average Bonchev–Trinajstić information content (AvgIpc) is 3.29. The number of anilines is 1. The van der Waals surface area contributed by atoms with Crippen molar-refractivity contribution in [3.63, 3.8) is 0 Å². The monoisotopic (exact) mass is 348 g/mol. The second-order valence-corrected chi connectivity index (χ2v) is 6.25. The van der Waals surface area contributed by atoms with Gasteiger partial charge in [-0.15, -0.1) is 0 Å². The molecule has 5 nitrogen and oxygen atoms in total. The highest BCUT2D eigenvalue weighted by molar-refractivity contribution is 9.10. The minimum atomic E-state index is -0.0710. The zero-order valence-corrected chi connectivity index (χ0v) is 13.4. The quantitative estimate of drug-likeness (QED) is 0.902. The zero-order valence-electron chi connectivity index (χ0n) is 11.8. The molecule has 3 rings (SSSR count). The number of hydrogen-bond donors (Lipinski definition) is 1. The summed E-state index contributed by atoms with van der Waals surface area (Å²) in [5.74, 6) is 0.625. The molecular formula is C15H17BrN4O. The molecule has 2 heterocycles. The maximum Gasteiger partial charge on any atom is 0.283 e. The van der Waals surface area contributed by atoms with Crippen LogP contribution in [0.3, 0.4) is 0 Å². The molecule has 1 aliphatic carbocycles. The third-order valence-corrected chi connectivity index (χ3v) is 4.49. The number of halogens is 1. The Bertz CT molecular complexity index is 709. The van der Waals surface area contributed by atoms with Crippen LogP contribution in [0, 0.1) is 12.8 Å². The van der Waals surface area contributed by atoms with Crippen molar-refractivity contribution < 1.29 is 0 Å². The first-order valence-electron chi connectivity index (χ1n) is 7.04. The van der Waals surface area contributed by atoms with E-state index in [0.29, 0.717) is 16.9 Å². The van der Waals surface area contributed by atoms with Crippen molar-refractivity contribution in [3.8, 4) is 0 Å². The molecule has 1 fully saturated rings. The summed E-state index contributed by atoms with van der Waals surface area (Å²) < 4.78 is 2.09. The van der Waals surface area contributed by atoms with Crippen LogP contribution in [0.25, 0.3) is 0 Å². The predicted molar refractivity (Wildman–Crippen MR) is 85.2 cm³/mol. The Morgan fingerprint density at radius 2 is 2.24 bits per heavy atom. The Morgan fingerprint density at radius 1 is 1.43 bits per heavy atom. The van der Waals surface area contributed by atoms with Gasteiger partial charge < -0.3 is 5.32 Å². The van der Waals surface area contributed by atoms with Crippen LogP contribution >= 0.6 is 15.9 Å². The number of nitrogens with one attached hydrogen (secondary N) is 1. The standard InChI is InChI=1S/C15H17BrN4O/c1-10-6-17-5-4-12(10)7-18-13-8-19-20(9-11-2-3-11)15(21)14(13)16/h4-6,8,11,18H,2-3,7,9H2,1H3. The normalized spacial score (nSPS) is 14.2. The van der Waals surface area contributed by atoms with Crippen LogP contribution in [0.15, 0.2) is 33.9 Å². The van der Waals surface area contributed by atoms with Gasteiger partial charge >= 0.3 is 0 Å². The maximum atomic E-state index is 12.2. The fourth-order valence-electron chi connectivity index (χ4n) is 2.15. The Balaban J connectivity index is 1.75. The van der Waals surface area contributed by atoms with Crippen molar-refractivity contribution in [2.75, 3.05) is 5.32 Å². The summed E-state index contributed by atoms with van der Waals surface area (Å²) in [6.07, 6.45) is 7.72. The number of aryl methyl sites for hydroxylation is 1. The Labute approximate surface area is 131 Å². The first-order chi connectivity index (χ1) is 10.1. The SMILES string of the molecule is Cc1cnccc1CNc1cnn(CC2CC2)c(=O)c1Br. The van der Waals surface area contributed by atoms with Gasteiger partial charge in [-0.05, 0) is 58.8 Å². The summed E-state index contributed by atoms with van der Waals surface area (Å²) in [5, 5.41) is 7.51. The highest BCUT2D eigenvalue weighted by Crippen LogP contribution is 2.30. The van der Waals surface area contributed by atoms with Crippen LogP contribution in [0.2, 0.25) is 0 Å². The lowest BCUT2D eigenvalue weighted by molar-refractivity contribution is 0.532. The van der Waals surface area contributed by atoms with Gasteiger partial charge in [0.25, 0.3) is 5.56 Å². The van der Waals surface area contributed by atoms with E-state index in [2.05, 4.69) is 31.3 Å². The van der Waals surface area contributed by atoms with Gasteiger partial charge in [0, 0.05) is 25.5 Å². The van der Waals surface area contributed by atoms with E-state index in [4.69, 9.17) is 0 Å². The lowest BCUT2D eigenvalue weighted by atomic mass is 10.1. The highest BCUT2D eigenvalue weighted by Gasteiger charge is 2.23. The van der Waals surface area contributed by atoms with Crippen LogP contribution in [0.1, 0.15) is 24.0 Å². The molecule has 0 unspecified atom stereocenters. The van der Waals surface area contributed by atoms with E-state index in [-0.39, 0.29) is 5.56 Å². The van der Waals surface area contributed by atoms with Crippen LogP contribution in [-0.2, 0) is 13.1 Å². The molecule has 6 heteroatoms. The molecule has 0 radical (unpaired) electrons. The second-order valence-electron chi connectivity index (χ2n) is 5.46. The highest BCUT2D eigenvalue weighted by atomic mass is 79.9. The first kappa shape index (κ1) is 14.3. The van der Waals surface area contributed by atoms with Crippen molar-refractivity contribution in [2.24, 2.45) is 5.92 Å².